The van der Waals surface area contributed by atoms with Crippen molar-refractivity contribution in [3.8, 4) is 0 Å². The first-order valence-corrected chi connectivity index (χ1v) is 7.05. The Labute approximate surface area is 136 Å². The second kappa shape index (κ2) is 8.27. The fourth-order valence-electron chi connectivity index (χ4n) is 2.18. The molecule has 0 saturated carbocycles. The fraction of sp³-hybridized carbons (Fsp3) is 1.00. The summed E-state index contributed by atoms with van der Waals surface area (Å²) in [6, 6.07) is 0. The van der Waals surface area contributed by atoms with Gasteiger partial charge in [0, 0.05) is 0 Å². The molecule has 0 spiro atoms. The Morgan fingerprint density at radius 1 is 0.792 bits per heavy atom. The van der Waals surface area contributed by atoms with E-state index in [1.807, 2.05) is 0 Å². The Morgan fingerprint density at radius 2 is 1.29 bits per heavy atom. The minimum Gasteiger partial charge on any atom is -0.394 e. The molecular weight excluding hydrogens is 336 g/mol. The third-order valence-electron chi connectivity index (χ3n) is 3.84. The first kappa shape index (κ1) is 21.6. The van der Waals surface area contributed by atoms with Crippen LogP contribution >= 0.6 is 0 Å². The van der Waals surface area contributed by atoms with Crippen molar-refractivity contribution in [1.29, 1.82) is 0 Å². The fourth-order valence-corrected chi connectivity index (χ4v) is 2.18. The monoisotopic (exact) mass is 360 g/mol. The van der Waals surface area contributed by atoms with Crippen molar-refractivity contribution >= 4 is 0 Å². The summed E-state index contributed by atoms with van der Waals surface area (Å²) in [5.41, 5.74) is 0. The van der Waals surface area contributed by atoms with Crippen molar-refractivity contribution in [1.82, 2.24) is 0 Å². The average molecular weight is 360 g/mol. The van der Waals surface area contributed by atoms with Crippen LogP contribution in [0.1, 0.15) is 0 Å². The van der Waals surface area contributed by atoms with Crippen LogP contribution in [0, 0.1) is 0 Å². The molecule has 0 aromatic rings. The van der Waals surface area contributed by atoms with Crippen LogP contribution in [0.25, 0.3) is 0 Å². The standard InChI is InChI=1S/2C6H12O6/c7-2-6(11)5(10)4(9)3(8)1-12-6;7-1-3-4(9)5(10)6(11,2-8)12-3/h2*3-5,7-11H,1-2H2/t3-,4-,5+,6-;3-,4-,5+,6+/m11/s1. The average Bonchev–Trinajstić information content (AvgIpc) is 2.81. The van der Waals surface area contributed by atoms with Crippen LogP contribution in [0.4, 0.5) is 0 Å². The maximum atomic E-state index is 9.25. The van der Waals surface area contributed by atoms with Crippen molar-refractivity contribution in [2.45, 2.75) is 48.2 Å². The van der Waals surface area contributed by atoms with E-state index in [0.717, 1.165) is 0 Å². The molecule has 0 bridgehead atoms. The summed E-state index contributed by atoms with van der Waals surface area (Å²) in [6.45, 7) is -2.52. The molecule has 12 nitrogen and oxygen atoms in total. The van der Waals surface area contributed by atoms with Crippen molar-refractivity contribution in [2.75, 3.05) is 26.4 Å². The number of hydrogen-bond acceptors (Lipinski definition) is 12. The Hall–Kier alpha value is -0.480. The molecular formula is C12H24O12. The number of ether oxygens (including phenoxy) is 2. The lowest BCUT2D eigenvalue weighted by atomic mass is 9.98. The van der Waals surface area contributed by atoms with Gasteiger partial charge in [-0.3, -0.25) is 0 Å². The lowest BCUT2D eigenvalue weighted by Gasteiger charge is -2.40. The van der Waals surface area contributed by atoms with E-state index in [0.29, 0.717) is 0 Å². The molecule has 0 aromatic heterocycles. The molecule has 0 aromatic carbocycles. The largest absolute Gasteiger partial charge is 0.394 e. The number of rotatable bonds is 3. The molecule has 2 rings (SSSR count). The predicted octanol–water partition coefficient (Wildman–Crippen LogP) is -6.44. The third kappa shape index (κ3) is 4.19. The van der Waals surface area contributed by atoms with E-state index >= 15 is 0 Å². The zero-order valence-electron chi connectivity index (χ0n) is 12.6. The van der Waals surface area contributed by atoms with E-state index in [1.165, 1.54) is 0 Å². The first-order chi connectivity index (χ1) is 11.1. The number of aliphatic hydroxyl groups excluding tert-OH is 8. The highest BCUT2D eigenvalue weighted by Crippen LogP contribution is 2.28. The Kier molecular flexibility index (Phi) is 7.43. The molecule has 8 atom stereocenters. The molecule has 0 radical (unpaired) electrons. The molecule has 2 heterocycles. The van der Waals surface area contributed by atoms with Crippen molar-refractivity contribution in [3.63, 3.8) is 0 Å². The van der Waals surface area contributed by atoms with Gasteiger partial charge in [-0.25, -0.2) is 0 Å². The molecule has 10 N–H and O–H groups in total. The lowest BCUT2D eigenvalue weighted by Crippen LogP contribution is -2.62. The molecule has 12 heteroatoms. The molecule has 2 fully saturated rings. The van der Waals surface area contributed by atoms with Gasteiger partial charge in [-0.1, -0.05) is 0 Å². The van der Waals surface area contributed by atoms with Crippen LogP contribution in [0.3, 0.4) is 0 Å². The summed E-state index contributed by atoms with van der Waals surface area (Å²) in [5, 5.41) is 89.7. The van der Waals surface area contributed by atoms with Gasteiger partial charge in [0.05, 0.1) is 26.4 Å². The van der Waals surface area contributed by atoms with Crippen LogP contribution in [0.5, 0.6) is 0 Å². The van der Waals surface area contributed by atoms with Gasteiger partial charge in [0.25, 0.3) is 0 Å². The second-order valence-corrected chi connectivity index (χ2v) is 5.59. The first-order valence-electron chi connectivity index (χ1n) is 7.05. The van der Waals surface area contributed by atoms with E-state index < -0.39 is 68.0 Å². The summed E-state index contributed by atoms with van der Waals surface area (Å²) < 4.78 is 9.18. The normalized spacial score (nSPS) is 48.8. The minimum atomic E-state index is -2.17. The van der Waals surface area contributed by atoms with Crippen LogP contribution < -0.4 is 0 Å². The molecule has 2 saturated heterocycles. The van der Waals surface area contributed by atoms with Crippen LogP contribution in [-0.2, 0) is 9.47 Å². The van der Waals surface area contributed by atoms with Crippen LogP contribution in [0.15, 0.2) is 0 Å². The maximum Gasteiger partial charge on any atom is 0.219 e. The molecule has 2 aliphatic rings. The van der Waals surface area contributed by atoms with Gasteiger partial charge in [-0.2, -0.15) is 0 Å². The summed E-state index contributed by atoms with van der Waals surface area (Å²) in [4.78, 5) is 0. The zero-order chi connectivity index (χ0) is 18.7. The van der Waals surface area contributed by atoms with Gasteiger partial charge in [0.1, 0.15) is 36.6 Å². The van der Waals surface area contributed by atoms with E-state index in [1.54, 1.807) is 0 Å². The Balaban J connectivity index is 0.000000240. The molecule has 0 amide bonds. The lowest BCUT2D eigenvalue weighted by molar-refractivity contribution is -0.331. The summed E-state index contributed by atoms with van der Waals surface area (Å²) >= 11 is 0. The number of hydrogen-bond donors (Lipinski definition) is 10. The highest BCUT2D eigenvalue weighted by Gasteiger charge is 2.52. The summed E-state index contributed by atoms with van der Waals surface area (Å²) in [5.74, 6) is -4.33. The Bertz CT molecular complexity index is 392. The molecule has 0 unspecified atom stereocenters. The van der Waals surface area contributed by atoms with E-state index in [4.69, 9.17) is 40.9 Å². The van der Waals surface area contributed by atoms with Gasteiger partial charge in [0.15, 0.2) is 0 Å². The molecule has 2 aliphatic heterocycles. The van der Waals surface area contributed by atoms with Gasteiger partial charge in [-0.05, 0) is 0 Å². The summed E-state index contributed by atoms with van der Waals surface area (Å²) in [6.07, 6.45) is -8.49. The van der Waals surface area contributed by atoms with Gasteiger partial charge >= 0.3 is 0 Å². The van der Waals surface area contributed by atoms with Crippen molar-refractivity contribution < 1.29 is 60.5 Å². The van der Waals surface area contributed by atoms with Gasteiger partial charge in [0.2, 0.25) is 11.6 Å². The highest BCUT2D eigenvalue weighted by molar-refractivity contribution is 4.94. The SMILES string of the molecule is OC[C@@]1(O)OC[C@@H](O)[C@@H](O)[C@@H]1O.OC[C@H]1O[C@@](O)(CO)[C@@H](O)[C@@H]1O. The smallest absolute Gasteiger partial charge is 0.219 e. The topological polar surface area (TPSA) is 221 Å². The second-order valence-electron chi connectivity index (χ2n) is 5.59. The molecule has 144 valence electrons. The maximum absolute atomic E-state index is 9.25. The van der Waals surface area contributed by atoms with Crippen LogP contribution in [-0.4, -0.2) is 126 Å². The zero-order valence-corrected chi connectivity index (χ0v) is 12.6. The number of aliphatic hydroxyl groups is 10. The highest BCUT2D eigenvalue weighted by atomic mass is 16.7. The van der Waals surface area contributed by atoms with Gasteiger partial charge < -0.3 is 60.5 Å². The van der Waals surface area contributed by atoms with E-state index in [9.17, 15) is 10.2 Å². The van der Waals surface area contributed by atoms with E-state index in [-0.39, 0.29) is 6.61 Å². The minimum absolute atomic E-state index is 0.324. The summed E-state index contributed by atoms with van der Waals surface area (Å²) in [7, 11) is 0. The van der Waals surface area contributed by atoms with Gasteiger partial charge in [-0.15, -0.1) is 0 Å². The quantitative estimate of drug-likeness (QED) is 0.227. The Morgan fingerprint density at radius 3 is 1.67 bits per heavy atom. The van der Waals surface area contributed by atoms with Crippen molar-refractivity contribution in [3.05, 3.63) is 0 Å². The van der Waals surface area contributed by atoms with E-state index in [2.05, 4.69) is 9.47 Å². The molecule has 0 aliphatic carbocycles. The van der Waals surface area contributed by atoms with Crippen LogP contribution in [0.2, 0.25) is 0 Å². The molecule has 24 heavy (non-hydrogen) atoms. The van der Waals surface area contributed by atoms with Crippen molar-refractivity contribution in [2.24, 2.45) is 0 Å². The third-order valence-corrected chi connectivity index (χ3v) is 3.84. The predicted molar refractivity (Wildman–Crippen MR) is 72.0 cm³/mol.